The predicted octanol–water partition coefficient (Wildman–Crippen LogP) is 0.852. The van der Waals surface area contributed by atoms with Crippen molar-refractivity contribution in [3.05, 3.63) is 51.9 Å². The number of aryl methyl sites for hydroxylation is 1. The van der Waals surface area contributed by atoms with Gasteiger partial charge in [-0.2, -0.15) is 9.50 Å². The van der Waals surface area contributed by atoms with E-state index < -0.39 is 0 Å². The average molecular weight is 255 g/mol. The van der Waals surface area contributed by atoms with Crippen molar-refractivity contribution in [1.29, 1.82) is 0 Å². The summed E-state index contributed by atoms with van der Waals surface area (Å²) in [5, 5.41) is 2.94. The summed E-state index contributed by atoms with van der Waals surface area (Å²) >= 11 is 0. The van der Waals surface area contributed by atoms with Crippen LogP contribution in [0.2, 0.25) is 0 Å². The van der Waals surface area contributed by atoms with Crippen LogP contribution in [-0.4, -0.2) is 19.6 Å². The van der Waals surface area contributed by atoms with E-state index in [-0.39, 0.29) is 5.56 Å². The molecule has 96 valence electrons. The number of aromatic amines is 1. The van der Waals surface area contributed by atoms with Crippen LogP contribution in [0.3, 0.4) is 0 Å². The van der Waals surface area contributed by atoms with Crippen LogP contribution in [0.1, 0.15) is 11.3 Å². The second-order valence-corrected chi connectivity index (χ2v) is 4.34. The van der Waals surface area contributed by atoms with E-state index >= 15 is 0 Å². The van der Waals surface area contributed by atoms with Crippen LogP contribution < -0.4 is 11.3 Å². The second-order valence-electron chi connectivity index (χ2n) is 4.34. The minimum atomic E-state index is -0.167. The maximum atomic E-state index is 11.8. The molecule has 3 rings (SSSR count). The van der Waals surface area contributed by atoms with Gasteiger partial charge in [0.1, 0.15) is 0 Å². The molecule has 0 saturated heterocycles. The maximum Gasteiger partial charge on any atom is 0.274 e. The summed E-state index contributed by atoms with van der Waals surface area (Å²) < 4.78 is 1.33. The Morgan fingerprint density at radius 1 is 1.26 bits per heavy atom. The monoisotopic (exact) mass is 255 g/mol. The van der Waals surface area contributed by atoms with Gasteiger partial charge in [0.15, 0.2) is 5.82 Å². The Morgan fingerprint density at radius 3 is 2.68 bits per heavy atom. The molecule has 19 heavy (non-hydrogen) atoms. The molecule has 6 nitrogen and oxygen atoms in total. The van der Waals surface area contributed by atoms with Gasteiger partial charge in [-0.3, -0.25) is 9.89 Å². The highest BCUT2D eigenvalue weighted by atomic mass is 16.1. The lowest BCUT2D eigenvalue weighted by Gasteiger charge is -1.98. The van der Waals surface area contributed by atoms with Crippen LogP contribution in [0, 0.1) is 6.92 Å². The second kappa shape index (κ2) is 4.33. The molecular weight excluding hydrogens is 242 g/mol. The van der Waals surface area contributed by atoms with Crippen molar-refractivity contribution in [3.8, 4) is 11.4 Å². The van der Waals surface area contributed by atoms with E-state index in [0.717, 1.165) is 11.1 Å². The van der Waals surface area contributed by atoms with Crippen molar-refractivity contribution < 1.29 is 0 Å². The topological polar surface area (TPSA) is 89.1 Å². The highest BCUT2D eigenvalue weighted by molar-refractivity contribution is 5.57. The molecule has 0 fully saturated rings. The van der Waals surface area contributed by atoms with Crippen LogP contribution >= 0.6 is 0 Å². The van der Waals surface area contributed by atoms with Gasteiger partial charge in [-0.15, -0.1) is 0 Å². The van der Waals surface area contributed by atoms with E-state index in [1.165, 1.54) is 10.6 Å². The number of nitrogens with one attached hydrogen (secondary N) is 1. The number of aromatic nitrogens is 4. The normalized spacial score (nSPS) is 11.1. The molecule has 1 aromatic carbocycles. The van der Waals surface area contributed by atoms with E-state index in [4.69, 9.17) is 5.73 Å². The van der Waals surface area contributed by atoms with Crippen LogP contribution in [0.5, 0.6) is 0 Å². The molecule has 3 aromatic rings. The van der Waals surface area contributed by atoms with Gasteiger partial charge >= 0.3 is 0 Å². The fourth-order valence-electron chi connectivity index (χ4n) is 1.92. The number of rotatable bonds is 2. The molecule has 6 heteroatoms. The SMILES string of the molecule is Cc1cc(=O)n2[nH]c(-c3ccc(CN)cc3)nc2n1. The summed E-state index contributed by atoms with van der Waals surface area (Å²) in [6, 6.07) is 9.16. The Morgan fingerprint density at radius 2 is 2.00 bits per heavy atom. The highest BCUT2D eigenvalue weighted by Gasteiger charge is 2.08. The number of nitrogens with two attached hydrogens (primary N) is 1. The molecule has 0 unspecified atom stereocenters. The van der Waals surface area contributed by atoms with Crippen molar-refractivity contribution >= 4 is 5.78 Å². The molecule has 0 aliphatic rings. The van der Waals surface area contributed by atoms with Gasteiger partial charge in [0, 0.05) is 23.9 Å². The molecule has 0 radical (unpaired) electrons. The van der Waals surface area contributed by atoms with E-state index in [2.05, 4.69) is 15.1 Å². The van der Waals surface area contributed by atoms with Gasteiger partial charge in [0.25, 0.3) is 11.3 Å². The first-order chi connectivity index (χ1) is 9.17. The number of nitrogens with zero attached hydrogens (tertiary/aromatic N) is 3. The molecule has 0 aliphatic heterocycles. The fraction of sp³-hybridized carbons (Fsp3) is 0.154. The van der Waals surface area contributed by atoms with E-state index in [1.54, 1.807) is 6.92 Å². The number of fused-ring (bicyclic) bond motifs is 1. The third-order valence-corrected chi connectivity index (χ3v) is 2.92. The highest BCUT2D eigenvalue weighted by Crippen LogP contribution is 2.15. The lowest BCUT2D eigenvalue weighted by atomic mass is 10.1. The largest absolute Gasteiger partial charge is 0.326 e. The molecule has 2 aromatic heterocycles. The predicted molar refractivity (Wildman–Crippen MR) is 71.7 cm³/mol. The third-order valence-electron chi connectivity index (χ3n) is 2.92. The molecule has 0 atom stereocenters. The van der Waals surface area contributed by atoms with Crippen molar-refractivity contribution in [3.63, 3.8) is 0 Å². The lowest BCUT2D eigenvalue weighted by Crippen LogP contribution is -2.14. The molecule has 0 spiro atoms. The summed E-state index contributed by atoms with van der Waals surface area (Å²) in [7, 11) is 0. The smallest absolute Gasteiger partial charge is 0.274 e. The number of H-pyrrole nitrogens is 1. The van der Waals surface area contributed by atoms with E-state index in [1.807, 2.05) is 24.3 Å². The zero-order chi connectivity index (χ0) is 13.4. The van der Waals surface area contributed by atoms with Crippen LogP contribution in [-0.2, 0) is 6.54 Å². The zero-order valence-electron chi connectivity index (χ0n) is 10.4. The van der Waals surface area contributed by atoms with Gasteiger partial charge in [-0.05, 0) is 12.5 Å². The van der Waals surface area contributed by atoms with Crippen LogP contribution in [0.15, 0.2) is 35.1 Å². The molecule has 2 heterocycles. The molecule has 3 N–H and O–H groups in total. The van der Waals surface area contributed by atoms with Crippen molar-refractivity contribution in [2.45, 2.75) is 13.5 Å². The minimum absolute atomic E-state index is 0.167. The Labute approximate surface area is 108 Å². The maximum absolute atomic E-state index is 11.8. The Hall–Kier alpha value is -2.47. The summed E-state index contributed by atoms with van der Waals surface area (Å²) in [6.45, 7) is 2.27. The van der Waals surface area contributed by atoms with Crippen molar-refractivity contribution in [1.82, 2.24) is 19.6 Å². The first-order valence-electron chi connectivity index (χ1n) is 5.93. The van der Waals surface area contributed by atoms with Gasteiger partial charge in [-0.25, -0.2) is 4.98 Å². The van der Waals surface area contributed by atoms with Gasteiger partial charge in [-0.1, -0.05) is 24.3 Å². The van der Waals surface area contributed by atoms with Gasteiger partial charge in [0.2, 0.25) is 0 Å². The molecule has 0 saturated carbocycles. The Balaban J connectivity index is 2.14. The molecule has 0 bridgehead atoms. The van der Waals surface area contributed by atoms with Crippen molar-refractivity contribution in [2.75, 3.05) is 0 Å². The summed E-state index contributed by atoms with van der Waals surface area (Å²) in [5.41, 5.74) is 7.98. The average Bonchev–Trinajstić information content (AvgIpc) is 2.83. The van der Waals surface area contributed by atoms with Gasteiger partial charge in [0.05, 0.1) is 0 Å². The standard InChI is InChI=1S/C13H13N5O/c1-8-6-11(19)18-13(15-8)16-12(17-18)10-4-2-9(7-14)3-5-10/h2-6H,7,14H2,1H3,(H,15,16,17). The summed E-state index contributed by atoms with van der Waals surface area (Å²) in [6.07, 6.45) is 0. The lowest BCUT2D eigenvalue weighted by molar-refractivity contribution is 0.892. The first-order valence-corrected chi connectivity index (χ1v) is 5.93. The summed E-state index contributed by atoms with van der Waals surface area (Å²) in [4.78, 5) is 20.3. The Kier molecular flexibility index (Phi) is 2.64. The Bertz CT molecular complexity index is 785. The molecule has 0 aliphatic carbocycles. The molecule has 0 amide bonds. The molecular formula is C13H13N5O. The third kappa shape index (κ3) is 2.02. The van der Waals surface area contributed by atoms with Crippen LogP contribution in [0.25, 0.3) is 17.2 Å². The number of hydrogen-bond donors (Lipinski definition) is 2. The number of benzene rings is 1. The first kappa shape index (κ1) is 11.6. The van der Waals surface area contributed by atoms with Crippen molar-refractivity contribution in [2.24, 2.45) is 5.73 Å². The van der Waals surface area contributed by atoms with E-state index in [0.29, 0.717) is 23.8 Å². The van der Waals surface area contributed by atoms with Crippen LogP contribution in [0.4, 0.5) is 0 Å². The fourth-order valence-corrected chi connectivity index (χ4v) is 1.92. The minimum Gasteiger partial charge on any atom is -0.326 e. The van der Waals surface area contributed by atoms with Gasteiger partial charge < -0.3 is 5.73 Å². The van der Waals surface area contributed by atoms with E-state index in [9.17, 15) is 4.79 Å². The zero-order valence-corrected chi connectivity index (χ0v) is 10.4. The number of hydrogen-bond acceptors (Lipinski definition) is 4. The quantitative estimate of drug-likeness (QED) is 0.710. The summed E-state index contributed by atoms with van der Waals surface area (Å²) in [5.74, 6) is 0.988.